The second-order valence-electron chi connectivity index (χ2n) is 7.19. The largest absolute Gasteiger partial charge is 0.344 e. The Morgan fingerprint density at radius 2 is 1.71 bits per heavy atom. The first-order chi connectivity index (χ1) is 13.5. The quantitative estimate of drug-likeness (QED) is 0.573. The Kier molecular flexibility index (Phi) is 4.43. The molecule has 142 valence electrons. The number of H-pyrrole nitrogens is 1. The van der Waals surface area contributed by atoms with E-state index in [1.54, 1.807) is 6.07 Å². The van der Waals surface area contributed by atoms with Gasteiger partial charge in [0.05, 0.1) is 17.1 Å². The molecule has 7 nitrogen and oxygen atoms in total. The van der Waals surface area contributed by atoms with E-state index in [4.69, 9.17) is 0 Å². The standard InChI is InChI=1S/C21H21N5O2/c1-12(2)14-8-10-15(11-9-14)13(3)22-20(27)18-19-21(28)23-16-6-4-5-7-17(16)26(19)25-24-18/h4-13H,1-3H3,(H,22,27)(H,23,28). The lowest BCUT2D eigenvalue weighted by Crippen LogP contribution is -2.28. The van der Waals surface area contributed by atoms with Gasteiger partial charge in [-0.05, 0) is 36.1 Å². The van der Waals surface area contributed by atoms with Gasteiger partial charge < -0.3 is 10.3 Å². The first-order valence-corrected chi connectivity index (χ1v) is 9.23. The summed E-state index contributed by atoms with van der Waals surface area (Å²) in [6, 6.07) is 15.2. The molecule has 0 aliphatic carbocycles. The van der Waals surface area contributed by atoms with Crippen LogP contribution in [0.1, 0.15) is 54.3 Å². The summed E-state index contributed by atoms with van der Waals surface area (Å²) in [7, 11) is 0. The summed E-state index contributed by atoms with van der Waals surface area (Å²) in [5.74, 6) is 0.0136. The van der Waals surface area contributed by atoms with Crippen LogP contribution in [-0.4, -0.2) is 25.7 Å². The van der Waals surface area contributed by atoms with Crippen LogP contribution in [0.15, 0.2) is 53.3 Å². The summed E-state index contributed by atoms with van der Waals surface area (Å²) in [6.07, 6.45) is 0. The molecule has 4 rings (SSSR count). The molecule has 0 spiro atoms. The summed E-state index contributed by atoms with van der Waals surface area (Å²) >= 11 is 0. The molecule has 28 heavy (non-hydrogen) atoms. The number of carbonyl (C=O) groups is 1. The van der Waals surface area contributed by atoms with E-state index in [2.05, 4.69) is 46.6 Å². The third kappa shape index (κ3) is 3.05. The number of fused-ring (bicyclic) bond motifs is 3. The number of nitrogens with one attached hydrogen (secondary N) is 2. The average molecular weight is 375 g/mol. The fourth-order valence-corrected chi connectivity index (χ4v) is 3.27. The van der Waals surface area contributed by atoms with Crippen LogP contribution in [0.3, 0.4) is 0 Å². The van der Waals surface area contributed by atoms with Gasteiger partial charge in [0.25, 0.3) is 11.5 Å². The van der Waals surface area contributed by atoms with Crippen molar-refractivity contribution in [2.75, 3.05) is 0 Å². The van der Waals surface area contributed by atoms with E-state index in [0.717, 1.165) is 5.56 Å². The Morgan fingerprint density at radius 3 is 2.43 bits per heavy atom. The summed E-state index contributed by atoms with van der Waals surface area (Å²) < 4.78 is 1.41. The molecule has 2 N–H and O–H groups in total. The zero-order valence-electron chi connectivity index (χ0n) is 15.9. The number of para-hydroxylation sites is 2. The van der Waals surface area contributed by atoms with E-state index in [1.807, 2.05) is 37.3 Å². The molecule has 0 bridgehead atoms. The van der Waals surface area contributed by atoms with Crippen LogP contribution in [0.25, 0.3) is 16.6 Å². The maximum atomic E-state index is 12.8. The molecule has 2 aromatic carbocycles. The lowest BCUT2D eigenvalue weighted by Gasteiger charge is -2.14. The van der Waals surface area contributed by atoms with Crippen molar-refractivity contribution in [2.24, 2.45) is 0 Å². The molecule has 0 saturated heterocycles. The van der Waals surface area contributed by atoms with Crippen molar-refractivity contribution in [3.8, 4) is 0 Å². The van der Waals surface area contributed by atoms with E-state index in [9.17, 15) is 9.59 Å². The third-order valence-electron chi connectivity index (χ3n) is 4.93. The summed E-state index contributed by atoms with van der Waals surface area (Å²) in [4.78, 5) is 28.1. The van der Waals surface area contributed by atoms with Crippen molar-refractivity contribution < 1.29 is 4.79 Å². The van der Waals surface area contributed by atoms with Gasteiger partial charge in [-0.3, -0.25) is 9.59 Å². The third-order valence-corrected chi connectivity index (χ3v) is 4.93. The van der Waals surface area contributed by atoms with Crippen LogP contribution in [0.5, 0.6) is 0 Å². The highest BCUT2D eigenvalue weighted by molar-refractivity contribution is 5.99. The molecule has 2 heterocycles. The number of carbonyl (C=O) groups excluding carboxylic acids is 1. The lowest BCUT2D eigenvalue weighted by atomic mass is 9.99. The molecule has 1 amide bonds. The van der Waals surface area contributed by atoms with E-state index >= 15 is 0 Å². The van der Waals surface area contributed by atoms with E-state index in [0.29, 0.717) is 17.0 Å². The molecule has 0 radical (unpaired) electrons. The van der Waals surface area contributed by atoms with Crippen molar-refractivity contribution in [1.29, 1.82) is 0 Å². The van der Waals surface area contributed by atoms with E-state index < -0.39 is 11.5 Å². The van der Waals surface area contributed by atoms with Crippen LogP contribution < -0.4 is 10.9 Å². The Morgan fingerprint density at radius 1 is 1.04 bits per heavy atom. The van der Waals surface area contributed by atoms with Gasteiger partial charge in [-0.15, -0.1) is 5.10 Å². The normalized spacial score (nSPS) is 12.6. The second kappa shape index (κ2) is 6.92. The van der Waals surface area contributed by atoms with Gasteiger partial charge in [0.2, 0.25) is 0 Å². The van der Waals surface area contributed by atoms with E-state index in [-0.39, 0.29) is 17.3 Å². The Bertz CT molecular complexity index is 1220. The lowest BCUT2D eigenvalue weighted by molar-refractivity contribution is 0.0936. The van der Waals surface area contributed by atoms with Gasteiger partial charge >= 0.3 is 0 Å². The Balaban J connectivity index is 1.65. The van der Waals surface area contributed by atoms with Crippen LogP contribution >= 0.6 is 0 Å². The molecule has 1 unspecified atom stereocenters. The number of benzene rings is 2. The first-order valence-electron chi connectivity index (χ1n) is 9.23. The maximum Gasteiger partial charge on any atom is 0.277 e. The molecule has 1 atom stereocenters. The number of rotatable bonds is 4. The molecule has 0 aliphatic heterocycles. The van der Waals surface area contributed by atoms with Gasteiger partial charge in [0.15, 0.2) is 11.2 Å². The zero-order chi connectivity index (χ0) is 19.8. The number of aromatic nitrogens is 4. The predicted octanol–water partition coefficient (Wildman–Crippen LogP) is 3.19. The summed E-state index contributed by atoms with van der Waals surface area (Å²) in [5.41, 5.74) is 3.29. The zero-order valence-corrected chi connectivity index (χ0v) is 15.9. The minimum Gasteiger partial charge on any atom is -0.344 e. The van der Waals surface area contributed by atoms with Crippen LogP contribution in [0.2, 0.25) is 0 Å². The molecule has 2 aromatic heterocycles. The van der Waals surface area contributed by atoms with Crippen molar-refractivity contribution in [1.82, 2.24) is 25.1 Å². The minimum atomic E-state index is -0.434. The molecular formula is C21H21N5O2. The van der Waals surface area contributed by atoms with Crippen LogP contribution in [-0.2, 0) is 0 Å². The van der Waals surface area contributed by atoms with Crippen molar-refractivity contribution >= 4 is 22.5 Å². The highest BCUT2D eigenvalue weighted by Gasteiger charge is 2.21. The summed E-state index contributed by atoms with van der Waals surface area (Å²) in [5, 5.41) is 10.9. The molecule has 0 aliphatic rings. The fourth-order valence-electron chi connectivity index (χ4n) is 3.27. The molecule has 4 aromatic rings. The number of hydrogen-bond donors (Lipinski definition) is 2. The van der Waals surface area contributed by atoms with Crippen molar-refractivity contribution in [3.63, 3.8) is 0 Å². The highest BCUT2D eigenvalue weighted by atomic mass is 16.2. The van der Waals surface area contributed by atoms with Crippen LogP contribution in [0, 0.1) is 0 Å². The fraction of sp³-hybridized carbons (Fsp3) is 0.238. The Labute approximate surface area is 161 Å². The highest BCUT2D eigenvalue weighted by Crippen LogP contribution is 2.19. The van der Waals surface area contributed by atoms with Crippen LogP contribution in [0.4, 0.5) is 0 Å². The molecule has 0 saturated carbocycles. The van der Waals surface area contributed by atoms with Gasteiger partial charge in [-0.25, -0.2) is 4.52 Å². The SMILES string of the molecule is CC(C)c1ccc(C(C)NC(=O)c2nnn3c2c(=O)[nH]c2ccccc23)cc1. The minimum absolute atomic E-state index is 0.0117. The number of aromatic amines is 1. The number of nitrogens with zero attached hydrogens (tertiary/aromatic N) is 3. The second-order valence-corrected chi connectivity index (χ2v) is 7.19. The molecule has 7 heteroatoms. The van der Waals surface area contributed by atoms with E-state index in [1.165, 1.54) is 10.1 Å². The predicted molar refractivity (Wildman–Crippen MR) is 108 cm³/mol. The summed E-state index contributed by atoms with van der Waals surface area (Å²) in [6.45, 7) is 6.17. The number of hydrogen-bond acceptors (Lipinski definition) is 4. The van der Waals surface area contributed by atoms with Gasteiger partial charge in [0.1, 0.15) is 0 Å². The maximum absolute atomic E-state index is 12.8. The Hall–Kier alpha value is -3.48. The topological polar surface area (TPSA) is 92.2 Å². The first kappa shape index (κ1) is 17.9. The molecule has 0 fully saturated rings. The van der Waals surface area contributed by atoms with Gasteiger partial charge in [-0.2, -0.15) is 0 Å². The van der Waals surface area contributed by atoms with Crippen molar-refractivity contribution in [3.05, 3.63) is 75.7 Å². The van der Waals surface area contributed by atoms with Gasteiger partial charge in [-0.1, -0.05) is 55.5 Å². The monoisotopic (exact) mass is 375 g/mol. The average Bonchev–Trinajstić information content (AvgIpc) is 3.14. The number of amides is 1. The smallest absolute Gasteiger partial charge is 0.277 e. The van der Waals surface area contributed by atoms with Crippen molar-refractivity contribution in [2.45, 2.75) is 32.7 Å². The molecular weight excluding hydrogens is 354 g/mol. The van der Waals surface area contributed by atoms with Gasteiger partial charge in [0, 0.05) is 0 Å².